The number of para-hydroxylation sites is 2. The average Bonchev–Trinajstić information content (AvgIpc) is 2.93. The van der Waals surface area contributed by atoms with Gasteiger partial charge in [-0.1, -0.05) is 66.7 Å². The Morgan fingerprint density at radius 3 is 2.23 bits per heavy atom. The molecule has 0 aliphatic carbocycles. The van der Waals surface area contributed by atoms with Crippen molar-refractivity contribution in [2.24, 2.45) is 0 Å². The largest absolute Gasteiger partial charge is 0.378 e. The molecule has 1 heterocycles. The Kier molecular flexibility index (Phi) is 4.19. The lowest BCUT2D eigenvalue weighted by Crippen LogP contribution is -2.37. The molecule has 4 nitrogen and oxygen atoms in total. The summed E-state index contributed by atoms with van der Waals surface area (Å²) in [6.07, 6.45) is 0.231. The minimum Gasteiger partial charge on any atom is -0.378 e. The second-order valence-corrected chi connectivity index (χ2v) is 6.54. The van der Waals surface area contributed by atoms with Crippen molar-refractivity contribution in [3.63, 3.8) is 0 Å². The molecule has 0 radical (unpaired) electrons. The van der Waals surface area contributed by atoms with Crippen LogP contribution in [0, 0.1) is 0 Å². The molecule has 3 aromatic rings. The summed E-state index contributed by atoms with van der Waals surface area (Å²) in [5.41, 5.74) is 1.68. The number of benzene rings is 3. The van der Waals surface area contributed by atoms with E-state index in [0.29, 0.717) is 11.3 Å². The first-order valence-electron chi connectivity index (χ1n) is 8.67. The first-order valence-corrected chi connectivity index (χ1v) is 8.67. The summed E-state index contributed by atoms with van der Waals surface area (Å²) >= 11 is 0. The van der Waals surface area contributed by atoms with Crippen LogP contribution in [0.5, 0.6) is 0 Å². The van der Waals surface area contributed by atoms with Gasteiger partial charge in [-0.3, -0.25) is 4.79 Å². The van der Waals surface area contributed by atoms with E-state index in [1.165, 1.54) is 0 Å². The standard InChI is InChI=1S/C22H20N2O2/c25-21-22(26,18-13-7-8-14-19(18)24-21)15-20(16-9-3-1-4-10-16)23-17-11-5-2-6-12-17/h1-14,20,23,26H,15H2,(H,24,25)/t20-,22-/m1/s1. The number of hydrogen-bond acceptors (Lipinski definition) is 3. The first kappa shape index (κ1) is 16.4. The molecule has 0 fully saturated rings. The van der Waals surface area contributed by atoms with Gasteiger partial charge in [-0.2, -0.15) is 0 Å². The smallest absolute Gasteiger partial charge is 0.261 e. The summed E-state index contributed by atoms with van der Waals surface area (Å²) in [6.45, 7) is 0. The molecule has 0 saturated carbocycles. The van der Waals surface area contributed by atoms with Crippen LogP contribution >= 0.6 is 0 Å². The van der Waals surface area contributed by atoms with Crippen molar-refractivity contribution >= 4 is 17.3 Å². The second-order valence-electron chi connectivity index (χ2n) is 6.54. The van der Waals surface area contributed by atoms with E-state index in [1.807, 2.05) is 78.9 Å². The van der Waals surface area contributed by atoms with E-state index in [4.69, 9.17) is 0 Å². The molecule has 130 valence electrons. The Hall–Kier alpha value is -3.11. The van der Waals surface area contributed by atoms with E-state index in [1.54, 1.807) is 6.07 Å². The van der Waals surface area contributed by atoms with Crippen LogP contribution in [0.1, 0.15) is 23.6 Å². The number of carbonyl (C=O) groups excluding carboxylic acids is 1. The zero-order valence-corrected chi connectivity index (χ0v) is 14.2. The van der Waals surface area contributed by atoms with Crippen molar-refractivity contribution < 1.29 is 9.90 Å². The molecule has 1 amide bonds. The highest BCUT2D eigenvalue weighted by Crippen LogP contribution is 2.42. The third-order valence-electron chi connectivity index (χ3n) is 4.81. The van der Waals surface area contributed by atoms with Crippen molar-refractivity contribution in [1.82, 2.24) is 0 Å². The van der Waals surface area contributed by atoms with E-state index < -0.39 is 5.60 Å². The molecule has 1 aliphatic rings. The lowest BCUT2D eigenvalue weighted by atomic mass is 9.86. The summed E-state index contributed by atoms with van der Waals surface area (Å²) in [7, 11) is 0. The molecule has 4 heteroatoms. The van der Waals surface area contributed by atoms with Crippen molar-refractivity contribution in [1.29, 1.82) is 0 Å². The van der Waals surface area contributed by atoms with Gasteiger partial charge in [0.2, 0.25) is 0 Å². The molecule has 4 rings (SSSR count). The van der Waals surface area contributed by atoms with Gasteiger partial charge in [-0.25, -0.2) is 0 Å². The lowest BCUT2D eigenvalue weighted by molar-refractivity contribution is -0.134. The third kappa shape index (κ3) is 2.95. The molecular formula is C22H20N2O2. The number of nitrogens with one attached hydrogen (secondary N) is 2. The minimum atomic E-state index is -1.57. The number of carbonyl (C=O) groups is 1. The highest BCUT2D eigenvalue weighted by Gasteiger charge is 2.46. The van der Waals surface area contributed by atoms with Gasteiger partial charge in [-0.15, -0.1) is 0 Å². The van der Waals surface area contributed by atoms with Gasteiger partial charge in [0.1, 0.15) is 0 Å². The minimum absolute atomic E-state index is 0.222. The van der Waals surface area contributed by atoms with Gasteiger partial charge in [-0.05, 0) is 23.8 Å². The van der Waals surface area contributed by atoms with Gasteiger partial charge < -0.3 is 15.7 Å². The molecule has 0 bridgehead atoms. The molecule has 1 aliphatic heterocycles. The van der Waals surface area contributed by atoms with Crippen molar-refractivity contribution in [2.75, 3.05) is 10.6 Å². The number of amides is 1. The zero-order chi connectivity index (χ0) is 18.0. The van der Waals surface area contributed by atoms with Crippen LogP contribution in [0.2, 0.25) is 0 Å². The average molecular weight is 344 g/mol. The lowest BCUT2D eigenvalue weighted by Gasteiger charge is -2.28. The zero-order valence-electron chi connectivity index (χ0n) is 14.2. The third-order valence-corrected chi connectivity index (χ3v) is 4.81. The summed E-state index contributed by atoms with van der Waals surface area (Å²) in [4.78, 5) is 12.6. The van der Waals surface area contributed by atoms with E-state index >= 15 is 0 Å². The normalized spacial score (nSPS) is 19.5. The molecular weight excluding hydrogens is 324 g/mol. The van der Waals surface area contributed by atoms with Crippen LogP contribution in [0.25, 0.3) is 0 Å². The maximum absolute atomic E-state index is 12.6. The molecule has 0 saturated heterocycles. The Morgan fingerprint density at radius 2 is 1.50 bits per heavy atom. The fourth-order valence-electron chi connectivity index (χ4n) is 3.47. The number of rotatable bonds is 5. The topological polar surface area (TPSA) is 61.4 Å². The Bertz CT molecular complexity index is 912. The van der Waals surface area contributed by atoms with Crippen molar-refractivity contribution in [2.45, 2.75) is 18.1 Å². The molecule has 0 spiro atoms. The van der Waals surface area contributed by atoms with Crippen molar-refractivity contribution in [3.8, 4) is 0 Å². The first-order chi connectivity index (χ1) is 12.7. The highest BCUT2D eigenvalue weighted by atomic mass is 16.3. The SMILES string of the molecule is O=C1Nc2ccccc2[C@]1(O)C[C@@H](Nc1ccccc1)c1ccccc1. The highest BCUT2D eigenvalue weighted by molar-refractivity contribution is 6.04. The van der Waals surface area contributed by atoms with Crippen LogP contribution in [0.3, 0.4) is 0 Å². The van der Waals surface area contributed by atoms with Gasteiger partial charge in [0.15, 0.2) is 5.60 Å². The number of anilines is 2. The van der Waals surface area contributed by atoms with E-state index in [-0.39, 0.29) is 18.4 Å². The van der Waals surface area contributed by atoms with Crippen LogP contribution in [0.15, 0.2) is 84.9 Å². The van der Waals surface area contributed by atoms with Gasteiger partial charge in [0.25, 0.3) is 5.91 Å². The summed E-state index contributed by atoms with van der Waals surface area (Å²) in [5, 5.41) is 17.5. The van der Waals surface area contributed by atoms with Crippen LogP contribution in [-0.4, -0.2) is 11.0 Å². The molecule has 3 N–H and O–H groups in total. The van der Waals surface area contributed by atoms with E-state index in [2.05, 4.69) is 10.6 Å². The predicted molar refractivity (Wildman–Crippen MR) is 103 cm³/mol. The molecule has 26 heavy (non-hydrogen) atoms. The summed E-state index contributed by atoms with van der Waals surface area (Å²) in [5.74, 6) is -0.380. The van der Waals surface area contributed by atoms with Crippen molar-refractivity contribution in [3.05, 3.63) is 96.1 Å². The van der Waals surface area contributed by atoms with Gasteiger partial charge in [0.05, 0.1) is 6.04 Å². The fourth-order valence-corrected chi connectivity index (χ4v) is 3.47. The molecule has 2 atom stereocenters. The number of hydrogen-bond donors (Lipinski definition) is 3. The Labute approximate surface area is 152 Å². The Morgan fingerprint density at radius 1 is 0.885 bits per heavy atom. The van der Waals surface area contributed by atoms with Gasteiger partial charge >= 0.3 is 0 Å². The summed E-state index contributed by atoms with van der Waals surface area (Å²) in [6, 6.07) is 26.8. The van der Waals surface area contributed by atoms with E-state index in [0.717, 1.165) is 11.3 Å². The monoisotopic (exact) mass is 344 g/mol. The van der Waals surface area contributed by atoms with E-state index in [9.17, 15) is 9.90 Å². The maximum atomic E-state index is 12.6. The van der Waals surface area contributed by atoms with Crippen LogP contribution < -0.4 is 10.6 Å². The van der Waals surface area contributed by atoms with Gasteiger partial charge in [0, 0.05) is 23.4 Å². The fraction of sp³-hybridized carbons (Fsp3) is 0.136. The number of aliphatic hydroxyl groups is 1. The van der Waals surface area contributed by atoms with Crippen LogP contribution in [-0.2, 0) is 10.4 Å². The quantitative estimate of drug-likeness (QED) is 0.654. The Balaban J connectivity index is 1.70. The molecule has 0 aromatic heterocycles. The number of fused-ring (bicyclic) bond motifs is 1. The molecule has 3 aromatic carbocycles. The van der Waals surface area contributed by atoms with Crippen LogP contribution in [0.4, 0.5) is 11.4 Å². The predicted octanol–water partition coefficient (Wildman–Crippen LogP) is 4.07. The summed E-state index contributed by atoms with van der Waals surface area (Å²) < 4.78 is 0. The maximum Gasteiger partial charge on any atom is 0.261 e. The molecule has 0 unspecified atom stereocenters. The second kappa shape index (κ2) is 6.65.